The Morgan fingerprint density at radius 2 is 2.06 bits per heavy atom. The first-order valence-electron chi connectivity index (χ1n) is 10.5. The summed E-state index contributed by atoms with van der Waals surface area (Å²) < 4.78 is 2.33. The molecule has 2 aliphatic heterocycles. The normalized spacial score (nSPS) is 20.7. The van der Waals surface area contributed by atoms with Crippen LogP contribution in [0.4, 0.5) is 0 Å². The fraction of sp³-hybridized carbons (Fsp3) is 0.500. The van der Waals surface area contributed by atoms with Gasteiger partial charge >= 0.3 is 5.97 Å². The molecule has 14 heteroatoms. The van der Waals surface area contributed by atoms with Gasteiger partial charge in [0.05, 0.1) is 16.4 Å². The third kappa shape index (κ3) is 4.45. The van der Waals surface area contributed by atoms with Crippen LogP contribution < -0.4 is 5.32 Å². The summed E-state index contributed by atoms with van der Waals surface area (Å²) in [4.78, 5) is 39.4. The molecule has 1 saturated heterocycles. The van der Waals surface area contributed by atoms with Crippen LogP contribution in [0.5, 0.6) is 0 Å². The number of carboxylic acid groups (broad SMARTS) is 1. The summed E-state index contributed by atoms with van der Waals surface area (Å²) in [5.41, 5.74) is 1.95. The fourth-order valence-electron chi connectivity index (χ4n) is 3.95. The maximum absolute atomic E-state index is 13.1. The van der Waals surface area contributed by atoms with E-state index in [4.69, 9.17) is 11.6 Å². The highest BCUT2D eigenvalue weighted by atomic mass is 35.5. The Bertz CT molecular complexity index is 1200. The van der Waals surface area contributed by atoms with Gasteiger partial charge in [-0.15, -0.1) is 22.0 Å². The second-order valence-electron chi connectivity index (χ2n) is 7.88. The standard InChI is InChI=1S/C20H23ClN6O4S3/c1-5-12(27-9(3)13(21)8(2)25-27)16(28)22-14-17(29)26-15(19(30)31)11(6-32-18(14)26)7-33-20-24-23-10(4)34-20/h12,14,18H,5-7H2,1-4H3,(H,22,28)(H,30,31)/t12-,14-,18+/m1/s1. The number of hydrogen-bond donors (Lipinski definition) is 2. The molecule has 1 fully saturated rings. The molecule has 0 aromatic carbocycles. The second kappa shape index (κ2) is 9.88. The van der Waals surface area contributed by atoms with Crippen molar-refractivity contribution in [3.63, 3.8) is 0 Å². The van der Waals surface area contributed by atoms with Crippen LogP contribution in [0.15, 0.2) is 15.6 Å². The number of aliphatic carboxylic acids is 1. The van der Waals surface area contributed by atoms with Crippen LogP contribution in [-0.2, 0) is 14.4 Å². The number of carboxylic acids is 1. The maximum Gasteiger partial charge on any atom is 0.352 e. The van der Waals surface area contributed by atoms with Crippen molar-refractivity contribution in [1.29, 1.82) is 0 Å². The first kappa shape index (κ1) is 25.0. The number of amides is 2. The van der Waals surface area contributed by atoms with Gasteiger partial charge in [-0.25, -0.2) is 4.79 Å². The predicted octanol–water partition coefficient (Wildman–Crippen LogP) is 2.80. The molecule has 2 N–H and O–H groups in total. The zero-order valence-electron chi connectivity index (χ0n) is 18.9. The van der Waals surface area contributed by atoms with Crippen molar-refractivity contribution in [3.05, 3.63) is 32.7 Å². The van der Waals surface area contributed by atoms with E-state index in [9.17, 15) is 19.5 Å². The van der Waals surface area contributed by atoms with Crippen LogP contribution >= 0.6 is 46.5 Å². The van der Waals surface area contributed by atoms with Gasteiger partial charge in [0.1, 0.15) is 28.2 Å². The number of carbonyl (C=O) groups excluding carboxylic acids is 2. The van der Waals surface area contributed by atoms with Gasteiger partial charge in [0.15, 0.2) is 4.34 Å². The van der Waals surface area contributed by atoms with Gasteiger partial charge in [-0.2, -0.15) is 5.10 Å². The van der Waals surface area contributed by atoms with Crippen LogP contribution in [0.25, 0.3) is 0 Å². The molecule has 2 aromatic heterocycles. The molecule has 2 aromatic rings. The van der Waals surface area contributed by atoms with Crippen LogP contribution in [0.1, 0.15) is 35.8 Å². The summed E-state index contributed by atoms with van der Waals surface area (Å²) in [5, 5.41) is 25.9. The van der Waals surface area contributed by atoms with E-state index in [1.165, 1.54) is 39.8 Å². The topological polar surface area (TPSA) is 130 Å². The molecule has 4 heterocycles. The van der Waals surface area contributed by atoms with Crippen molar-refractivity contribution >= 4 is 64.2 Å². The molecule has 0 spiro atoms. The number of hydrogen-bond acceptors (Lipinski definition) is 9. The lowest BCUT2D eigenvalue weighted by Crippen LogP contribution is -2.71. The van der Waals surface area contributed by atoms with Crippen molar-refractivity contribution in [3.8, 4) is 0 Å². The molecule has 182 valence electrons. The third-order valence-corrected chi connectivity index (χ3v) is 9.59. The summed E-state index contributed by atoms with van der Waals surface area (Å²) >= 11 is 10.5. The Hall–Kier alpha value is -2.09. The summed E-state index contributed by atoms with van der Waals surface area (Å²) in [5.74, 6) is -1.10. The lowest BCUT2D eigenvalue weighted by molar-refractivity contribution is -0.151. The third-order valence-electron chi connectivity index (χ3n) is 5.65. The summed E-state index contributed by atoms with van der Waals surface area (Å²) in [6.45, 7) is 7.26. The molecule has 0 radical (unpaired) electrons. The Morgan fingerprint density at radius 3 is 2.62 bits per heavy atom. The first-order valence-corrected chi connectivity index (χ1v) is 13.7. The van der Waals surface area contributed by atoms with E-state index >= 15 is 0 Å². The van der Waals surface area contributed by atoms with Crippen LogP contribution in [0.3, 0.4) is 0 Å². The number of halogens is 1. The first-order chi connectivity index (χ1) is 16.1. The maximum atomic E-state index is 13.1. The van der Waals surface area contributed by atoms with Gasteiger partial charge in [0.2, 0.25) is 5.91 Å². The summed E-state index contributed by atoms with van der Waals surface area (Å²) in [6.07, 6.45) is 0.458. The van der Waals surface area contributed by atoms with Crippen molar-refractivity contribution in [2.45, 2.75) is 55.9 Å². The van der Waals surface area contributed by atoms with Crippen molar-refractivity contribution in [2.24, 2.45) is 0 Å². The van der Waals surface area contributed by atoms with Gasteiger partial charge < -0.3 is 10.4 Å². The highest BCUT2D eigenvalue weighted by Gasteiger charge is 2.54. The van der Waals surface area contributed by atoms with Crippen molar-refractivity contribution in [2.75, 3.05) is 11.5 Å². The Morgan fingerprint density at radius 1 is 1.32 bits per heavy atom. The molecule has 4 rings (SSSR count). The van der Waals surface area contributed by atoms with Crippen molar-refractivity contribution < 1.29 is 19.5 Å². The SMILES string of the molecule is CC[C@H](C(=O)N[C@@H]1C(=O)N2C(C(=O)O)=C(CSc3nnc(C)s3)CS[C@@H]12)n1nc(C)c(Cl)c1C. The predicted molar refractivity (Wildman–Crippen MR) is 131 cm³/mol. The molecular weight excluding hydrogens is 520 g/mol. The monoisotopic (exact) mass is 542 g/mol. The lowest BCUT2D eigenvalue weighted by Gasteiger charge is -2.49. The average molecular weight is 543 g/mol. The van der Waals surface area contributed by atoms with E-state index < -0.39 is 29.3 Å². The molecule has 34 heavy (non-hydrogen) atoms. The molecule has 2 aliphatic rings. The number of aryl methyl sites for hydroxylation is 2. The number of carbonyl (C=O) groups is 3. The molecule has 10 nitrogen and oxygen atoms in total. The second-order valence-corrected chi connectivity index (χ2v) is 11.8. The average Bonchev–Trinajstić information content (AvgIpc) is 3.33. The molecule has 0 unspecified atom stereocenters. The van der Waals surface area contributed by atoms with Crippen LogP contribution in [-0.4, -0.2) is 70.7 Å². The number of fused-ring (bicyclic) bond motifs is 1. The van der Waals surface area contributed by atoms with Gasteiger partial charge in [-0.3, -0.25) is 19.2 Å². The molecular formula is C20H23ClN6O4S3. The quantitative estimate of drug-likeness (QED) is 0.382. The van der Waals surface area contributed by atoms with E-state index in [1.54, 1.807) is 18.5 Å². The highest BCUT2D eigenvalue weighted by Crippen LogP contribution is 2.42. The van der Waals surface area contributed by atoms with Gasteiger partial charge in [0, 0.05) is 11.5 Å². The van der Waals surface area contributed by atoms with Crippen LogP contribution in [0.2, 0.25) is 5.02 Å². The minimum Gasteiger partial charge on any atom is -0.477 e. The number of thioether (sulfide) groups is 2. The number of aromatic nitrogens is 4. The Labute approximate surface area is 213 Å². The highest BCUT2D eigenvalue weighted by molar-refractivity contribution is 8.01. The Kier molecular flexibility index (Phi) is 7.27. The molecule has 0 saturated carbocycles. The van der Waals surface area contributed by atoms with E-state index in [2.05, 4.69) is 20.6 Å². The lowest BCUT2D eigenvalue weighted by atomic mass is 10.0. The number of nitrogens with one attached hydrogen (secondary N) is 1. The zero-order chi connectivity index (χ0) is 24.7. The number of β-lactam (4-membered cyclic amide) rings is 1. The van der Waals surface area contributed by atoms with E-state index in [0.29, 0.717) is 39.9 Å². The Balaban J connectivity index is 1.48. The molecule has 3 atom stereocenters. The molecule has 2 amide bonds. The van der Waals surface area contributed by atoms with E-state index in [1.807, 2.05) is 13.8 Å². The van der Waals surface area contributed by atoms with Gasteiger partial charge in [0.25, 0.3) is 5.91 Å². The summed E-state index contributed by atoms with van der Waals surface area (Å²) in [7, 11) is 0. The van der Waals surface area contributed by atoms with Crippen LogP contribution in [0, 0.1) is 20.8 Å². The smallest absolute Gasteiger partial charge is 0.352 e. The van der Waals surface area contributed by atoms with E-state index in [0.717, 1.165) is 9.35 Å². The molecule has 0 bridgehead atoms. The van der Waals surface area contributed by atoms with E-state index in [-0.39, 0.29) is 11.6 Å². The minimum atomic E-state index is -1.16. The molecule has 0 aliphatic carbocycles. The summed E-state index contributed by atoms with van der Waals surface area (Å²) in [6, 6.07) is -1.42. The number of nitrogens with zero attached hydrogens (tertiary/aromatic N) is 5. The zero-order valence-corrected chi connectivity index (χ0v) is 22.1. The largest absolute Gasteiger partial charge is 0.477 e. The fourth-order valence-corrected chi connectivity index (χ4v) is 7.37. The van der Waals surface area contributed by atoms with Gasteiger partial charge in [-0.05, 0) is 32.8 Å². The van der Waals surface area contributed by atoms with Crippen molar-refractivity contribution in [1.82, 2.24) is 30.2 Å². The number of rotatable bonds is 8. The minimum absolute atomic E-state index is 0.00893. The van der Waals surface area contributed by atoms with Gasteiger partial charge in [-0.1, -0.05) is 41.6 Å².